The highest BCUT2D eigenvalue weighted by atomic mass is 32.1. The molecule has 0 saturated carbocycles. The minimum absolute atomic E-state index is 0.616. The Balaban J connectivity index is 1.41. The third-order valence-corrected chi connectivity index (χ3v) is 6.36. The van der Waals surface area contributed by atoms with Gasteiger partial charge in [-0.3, -0.25) is 0 Å². The molecule has 3 nitrogen and oxygen atoms in total. The lowest BCUT2D eigenvalue weighted by atomic mass is 10.0. The molecule has 0 radical (unpaired) electrons. The minimum atomic E-state index is 0.616. The van der Waals surface area contributed by atoms with E-state index < -0.39 is 0 Å². The molecule has 136 valence electrons. The van der Waals surface area contributed by atoms with Gasteiger partial charge in [0.25, 0.3) is 0 Å². The van der Waals surface area contributed by atoms with Gasteiger partial charge in [0.2, 0.25) is 0 Å². The van der Waals surface area contributed by atoms with Crippen LogP contribution in [0.2, 0.25) is 0 Å². The van der Waals surface area contributed by atoms with Gasteiger partial charge in [0, 0.05) is 40.5 Å². The second kappa shape index (κ2) is 7.29. The second-order valence-electron chi connectivity index (χ2n) is 7.38. The van der Waals surface area contributed by atoms with Gasteiger partial charge < -0.3 is 10.3 Å². The van der Waals surface area contributed by atoms with Gasteiger partial charge in [-0.1, -0.05) is 30.3 Å². The third kappa shape index (κ3) is 3.55. The van der Waals surface area contributed by atoms with Gasteiger partial charge in [-0.15, -0.1) is 11.3 Å². The number of thiazole rings is 1. The van der Waals surface area contributed by atoms with Crippen LogP contribution in [0.5, 0.6) is 0 Å². The molecule has 4 heteroatoms. The predicted molar refractivity (Wildman–Crippen MR) is 113 cm³/mol. The van der Waals surface area contributed by atoms with E-state index in [2.05, 4.69) is 70.4 Å². The largest absolute Gasteiger partial charge is 0.361 e. The van der Waals surface area contributed by atoms with Gasteiger partial charge in [-0.2, -0.15) is 0 Å². The van der Waals surface area contributed by atoms with E-state index in [0.29, 0.717) is 6.04 Å². The van der Waals surface area contributed by atoms with Crippen molar-refractivity contribution in [3.63, 3.8) is 0 Å². The molecule has 5 rings (SSSR count). The summed E-state index contributed by atoms with van der Waals surface area (Å²) in [7, 11) is 0. The van der Waals surface area contributed by atoms with E-state index in [-0.39, 0.29) is 0 Å². The Labute approximate surface area is 163 Å². The van der Waals surface area contributed by atoms with Crippen LogP contribution in [-0.2, 0) is 12.8 Å². The maximum atomic E-state index is 4.90. The highest BCUT2D eigenvalue weighted by Crippen LogP contribution is 2.30. The summed E-state index contributed by atoms with van der Waals surface area (Å²) in [6, 6.07) is 17.8. The quantitative estimate of drug-likeness (QED) is 0.506. The fourth-order valence-corrected chi connectivity index (χ4v) is 4.82. The maximum absolute atomic E-state index is 4.90. The predicted octanol–water partition coefficient (Wildman–Crippen LogP) is 5.18. The number of aromatic nitrogens is 2. The normalized spacial score (nSPS) is 17.0. The minimum Gasteiger partial charge on any atom is -0.361 e. The SMILES string of the molecule is c1ccc(Cc2csc(-c3ccc4[nH]cc(CC5CCCN5)c4c3)n2)cc1. The molecule has 1 saturated heterocycles. The topological polar surface area (TPSA) is 40.7 Å². The number of aromatic amines is 1. The van der Waals surface area contributed by atoms with Crippen LogP contribution in [0.25, 0.3) is 21.5 Å². The Hall–Kier alpha value is -2.43. The van der Waals surface area contributed by atoms with E-state index in [0.717, 1.165) is 30.1 Å². The first-order valence-corrected chi connectivity index (χ1v) is 10.6. The molecular weight excluding hydrogens is 350 g/mol. The zero-order chi connectivity index (χ0) is 18.1. The molecule has 1 fully saturated rings. The zero-order valence-electron chi connectivity index (χ0n) is 15.2. The standard InChI is InChI=1S/C23H23N3S/c1-2-5-16(6-3-1)11-20-15-27-23(26-20)17-8-9-22-21(13-17)18(14-25-22)12-19-7-4-10-24-19/h1-3,5-6,8-9,13-15,19,24-25H,4,7,10-12H2. The van der Waals surface area contributed by atoms with Crippen LogP contribution >= 0.6 is 11.3 Å². The molecule has 1 unspecified atom stereocenters. The van der Waals surface area contributed by atoms with E-state index >= 15 is 0 Å². The summed E-state index contributed by atoms with van der Waals surface area (Å²) >= 11 is 1.74. The van der Waals surface area contributed by atoms with E-state index in [1.807, 2.05) is 0 Å². The van der Waals surface area contributed by atoms with Crippen molar-refractivity contribution in [1.82, 2.24) is 15.3 Å². The number of nitrogens with zero attached hydrogens (tertiary/aromatic N) is 1. The fourth-order valence-electron chi connectivity index (χ4n) is 4.00. The van der Waals surface area contributed by atoms with Crippen molar-refractivity contribution < 1.29 is 0 Å². The molecule has 2 N–H and O–H groups in total. The van der Waals surface area contributed by atoms with Gasteiger partial charge in [0.1, 0.15) is 5.01 Å². The molecular formula is C23H23N3S. The van der Waals surface area contributed by atoms with E-state index in [1.165, 1.54) is 40.4 Å². The molecule has 0 amide bonds. The van der Waals surface area contributed by atoms with Gasteiger partial charge >= 0.3 is 0 Å². The lowest BCUT2D eigenvalue weighted by molar-refractivity contribution is 0.605. The Kier molecular flexibility index (Phi) is 4.52. The lowest BCUT2D eigenvalue weighted by Crippen LogP contribution is -2.23. The van der Waals surface area contributed by atoms with Crippen LogP contribution in [0, 0.1) is 0 Å². The van der Waals surface area contributed by atoms with Gasteiger partial charge in [0.05, 0.1) is 5.69 Å². The first-order chi connectivity index (χ1) is 13.3. The Morgan fingerprint density at radius 2 is 2.04 bits per heavy atom. The Bertz CT molecular complexity index is 1040. The monoisotopic (exact) mass is 373 g/mol. The van der Waals surface area contributed by atoms with Crippen LogP contribution in [0.15, 0.2) is 60.1 Å². The van der Waals surface area contributed by atoms with Gasteiger partial charge in [-0.05, 0) is 55.1 Å². The summed E-state index contributed by atoms with van der Waals surface area (Å²) in [5.74, 6) is 0. The number of H-pyrrole nitrogens is 1. The first-order valence-electron chi connectivity index (χ1n) is 9.67. The van der Waals surface area contributed by atoms with Crippen LogP contribution in [0.4, 0.5) is 0 Å². The molecule has 2 aromatic carbocycles. The number of hydrogen-bond donors (Lipinski definition) is 2. The van der Waals surface area contributed by atoms with Crippen LogP contribution in [-0.4, -0.2) is 22.6 Å². The van der Waals surface area contributed by atoms with E-state index in [4.69, 9.17) is 4.98 Å². The highest BCUT2D eigenvalue weighted by molar-refractivity contribution is 7.13. The number of nitrogens with one attached hydrogen (secondary N) is 2. The summed E-state index contributed by atoms with van der Waals surface area (Å²) in [5.41, 5.74) is 6.29. The van der Waals surface area contributed by atoms with E-state index in [1.54, 1.807) is 11.3 Å². The summed E-state index contributed by atoms with van der Waals surface area (Å²) in [6.45, 7) is 1.15. The highest BCUT2D eigenvalue weighted by Gasteiger charge is 2.17. The molecule has 0 spiro atoms. The number of hydrogen-bond acceptors (Lipinski definition) is 3. The second-order valence-corrected chi connectivity index (χ2v) is 8.24. The first kappa shape index (κ1) is 16.7. The molecule has 27 heavy (non-hydrogen) atoms. The molecule has 0 aliphatic carbocycles. The van der Waals surface area contributed by atoms with Crippen LogP contribution in [0.1, 0.15) is 29.7 Å². The average molecular weight is 374 g/mol. The molecule has 1 atom stereocenters. The summed E-state index contributed by atoms with van der Waals surface area (Å²) in [5, 5.41) is 8.24. The number of benzene rings is 2. The Morgan fingerprint density at radius 1 is 1.11 bits per heavy atom. The van der Waals surface area contributed by atoms with Crippen molar-refractivity contribution in [2.75, 3.05) is 6.54 Å². The summed E-state index contributed by atoms with van der Waals surface area (Å²) < 4.78 is 0. The molecule has 2 aromatic heterocycles. The number of rotatable bonds is 5. The summed E-state index contributed by atoms with van der Waals surface area (Å²) in [6.07, 6.45) is 6.74. The van der Waals surface area contributed by atoms with E-state index in [9.17, 15) is 0 Å². The molecule has 0 bridgehead atoms. The van der Waals surface area contributed by atoms with Crippen LogP contribution in [0.3, 0.4) is 0 Å². The zero-order valence-corrected chi connectivity index (χ0v) is 16.1. The molecule has 1 aliphatic rings. The van der Waals surface area contributed by atoms with Crippen molar-refractivity contribution >= 4 is 22.2 Å². The van der Waals surface area contributed by atoms with Crippen molar-refractivity contribution in [2.45, 2.75) is 31.7 Å². The van der Waals surface area contributed by atoms with Crippen molar-refractivity contribution in [2.24, 2.45) is 0 Å². The fraction of sp³-hybridized carbons (Fsp3) is 0.261. The van der Waals surface area contributed by atoms with Crippen molar-refractivity contribution in [3.05, 3.63) is 76.9 Å². The third-order valence-electron chi connectivity index (χ3n) is 5.42. The molecule has 1 aliphatic heterocycles. The smallest absolute Gasteiger partial charge is 0.123 e. The van der Waals surface area contributed by atoms with Crippen molar-refractivity contribution in [3.8, 4) is 10.6 Å². The number of fused-ring (bicyclic) bond motifs is 1. The molecule has 3 heterocycles. The Morgan fingerprint density at radius 3 is 2.89 bits per heavy atom. The lowest BCUT2D eigenvalue weighted by Gasteiger charge is -2.09. The molecule has 4 aromatic rings. The van der Waals surface area contributed by atoms with Crippen molar-refractivity contribution in [1.29, 1.82) is 0 Å². The van der Waals surface area contributed by atoms with Gasteiger partial charge in [-0.25, -0.2) is 4.98 Å². The summed E-state index contributed by atoms with van der Waals surface area (Å²) in [4.78, 5) is 8.33. The maximum Gasteiger partial charge on any atom is 0.123 e. The average Bonchev–Trinajstić information content (AvgIpc) is 3.45. The van der Waals surface area contributed by atoms with Crippen LogP contribution < -0.4 is 5.32 Å². The van der Waals surface area contributed by atoms with Gasteiger partial charge in [0.15, 0.2) is 0 Å².